The summed E-state index contributed by atoms with van der Waals surface area (Å²) in [5, 5.41) is 0.297. The van der Waals surface area contributed by atoms with Crippen LogP contribution in [-0.2, 0) is 6.42 Å². The first-order valence-corrected chi connectivity index (χ1v) is 6.72. The van der Waals surface area contributed by atoms with Gasteiger partial charge in [-0.3, -0.25) is 14.3 Å². The Hall–Kier alpha value is -2.56. The fraction of sp³-hybridized carbons (Fsp3) is 0.188. The molecule has 0 radical (unpaired) electrons. The van der Waals surface area contributed by atoms with Crippen LogP contribution in [0.5, 0.6) is 0 Å². The van der Waals surface area contributed by atoms with E-state index in [0.717, 1.165) is 5.69 Å². The van der Waals surface area contributed by atoms with E-state index in [1.165, 1.54) is 23.0 Å². The summed E-state index contributed by atoms with van der Waals surface area (Å²) >= 11 is 0. The van der Waals surface area contributed by atoms with Gasteiger partial charge in [0.25, 0.3) is 5.56 Å². The number of fused-ring (bicyclic) bond motifs is 1. The van der Waals surface area contributed by atoms with Gasteiger partial charge in [-0.05, 0) is 31.2 Å². The minimum Gasteiger partial charge on any atom is -0.295 e. The predicted octanol–water partition coefficient (Wildman–Crippen LogP) is 2.73. The Labute approximate surface area is 120 Å². The van der Waals surface area contributed by atoms with Crippen LogP contribution in [-0.4, -0.2) is 14.5 Å². The maximum absolute atomic E-state index is 13.6. The molecule has 0 amide bonds. The van der Waals surface area contributed by atoms with Crippen LogP contribution in [0.2, 0.25) is 0 Å². The van der Waals surface area contributed by atoms with Crippen LogP contribution in [0.4, 0.5) is 4.39 Å². The van der Waals surface area contributed by atoms with E-state index in [4.69, 9.17) is 0 Å². The number of para-hydroxylation sites is 1. The molecule has 4 nitrogen and oxygen atoms in total. The van der Waals surface area contributed by atoms with Crippen molar-refractivity contribution in [3.05, 3.63) is 70.8 Å². The first-order chi connectivity index (χ1) is 10.2. The van der Waals surface area contributed by atoms with Gasteiger partial charge in [-0.15, -0.1) is 0 Å². The number of nitrogens with zero attached hydrogens (tertiary/aromatic N) is 3. The first-order valence-electron chi connectivity index (χ1n) is 6.72. The van der Waals surface area contributed by atoms with Gasteiger partial charge in [0.05, 0.1) is 11.7 Å². The summed E-state index contributed by atoms with van der Waals surface area (Å²) < 4.78 is 15.1. The van der Waals surface area contributed by atoms with E-state index in [1.807, 2.05) is 25.1 Å². The number of rotatable bonds is 3. The zero-order chi connectivity index (χ0) is 14.8. The summed E-state index contributed by atoms with van der Waals surface area (Å²) in [6.07, 6.45) is 3.74. The molecule has 106 valence electrons. The molecule has 3 aromatic rings. The molecule has 0 spiro atoms. The highest BCUT2D eigenvalue weighted by molar-refractivity contribution is 5.77. The summed E-state index contributed by atoms with van der Waals surface area (Å²) in [4.78, 5) is 20.8. The number of pyridine rings is 1. The quantitative estimate of drug-likeness (QED) is 0.742. The lowest BCUT2D eigenvalue weighted by molar-refractivity contribution is 0.516. The van der Waals surface area contributed by atoms with Crippen molar-refractivity contribution in [1.82, 2.24) is 14.5 Å². The molecule has 21 heavy (non-hydrogen) atoms. The first kappa shape index (κ1) is 13.4. The number of aromatic nitrogens is 3. The van der Waals surface area contributed by atoms with Gasteiger partial charge in [0, 0.05) is 24.4 Å². The fourth-order valence-corrected chi connectivity index (χ4v) is 2.36. The molecule has 1 atom stereocenters. The van der Waals surface area contributed by atoms with Crippen molar-refractivity contribution in [2.75, 3.05) is 0 Å². The van der Waals surface area contributed by atoms with Crippen molar-refractivity contribution in [2.24, 2.45) is 0 Å². The summed E-state index contributed by atoms with van der Waals surface area (Å²) in [6, 6.07) is 9.98. The van der Waals surface area contributed by atoms with Gasteiger partial charge in [0.15, 0.2) is 0 Å². The van der Waals surface area contributed by atoms with Crippen LogP contribution in [0.1, 0.15) is 18.7 Å². The van der Waals surface area contributed by atoms with Crippen molar-refractivity contribution < 1.29 is 4.39 Å². The van der Waals surface area contributed by atoms with E-state index >= 15 is 0 Å². The van der Waals surface area contributed by atoms with E-state index < -0.39 is 5.82 Å². The average Bonchev–Trinajstić information content (AvgIpc) is 2.49. The van der Waals surface area contributed by atoms with Gasteiger partial charge < -0.3 is 0 Å². The molecule has 2 heterocycles. The molecule has 0 aliphatic carbocycles. The molecule has 0 fully saturated rings. The van der Waals surface area contributed by atoms with Gasteiger partial charge >= 0.3 is 0 Å². The monoisotopic (exact) mass is 283 g/mol. The zero-order valence-corrected chi connectivity index (χ0v) is 11.5. The Morgan fingerprint density at radius 2 is 2.05 bits per heavy atom. The van der Waals surface area contributed by atoms with E-state index in [0.29, 0.717) is 11.8 Å². The third-order valence-corrected chi connectivity index (χ3v) is 3.47. The average molecular weight is 283 g/mol. The van der Waals surface area contributed by atoms with Gasteiger partial charge in [-0.2, -0.15) is 0 Å². The smallest absolute Gasteiger partial charge is 0.261 e. The molecule has 0 aliphatic heterocycles. The molecule has 0 bridgehead atoms. The number of hydrogen-bond donors (Lipinski definition) is 0. The van der Waals surface area contributed by atoms with Gasteiger partial charge in [-0.25, -0.2) is 9.37 Å². The Morgan fingerprint density at radius 3 is 2.81 bits per heavy atom. The standard InChI is InChI=1S/C16H14FN3O/c1-11(9-12-5-2-3-8-18-12)20-10-19-15-13(16(20)21)6-4-7-14(15)17/h2-8,10-11H,9H2,1H3/t11-/m1/s1. The molecular weight excluding hydrogens is 269 g/mol. The molecule has 0 aliphatic rings. The lowest BCUT2D eigenvalue weighted by atomic mass is 10.1. The minimum absolute atomic E-state index is 0.104. The van der Waals surface area contributed by atoms with E-state index in [-0.39, 0.29) is 17.1 Å². The van der Waals surface area contributed by atoms with Crippen molar-refractivity contribution in [2.45, 2.75) is 19.4 Å². The maximum atomic E-state index is 13.6. The lowest BCUT2D eigenvalue weighted by Crippen LogP contribution is -2.25. The van der Waals surface area contributed by atoms with Gasteiger partial charge in [0.1, 0.15) is 11.3 Å². The van der Waals surface area contributed by atoms with E-state index in [2.05, 4.69) is 9.97 Å². The third kappa shape index (κ3) is 2.54. The SMILES string of the molecule is C[C@H](Cc1ccccn1)n1cnc2c(F)cccc2c1=O. The second-order valence-electron chi connectivity index (χ2n) is 4.97. The Balaban J connectivity index is 2.01. The lowest BCUT2D eigenvalue weighted by Gasteiger charge is -2.14. The molecule has 0 saturated heterocycles. The van der Waals surface area contributed by atoms with Crippen LogP contribution < -0.4 is 5.56 Å². The van der Waals surface area contributed by atoms with E-state index in [9.17, 15) is 9.18 Å². The fourth-order valence-electron chi connectivity index (χ4n) is 2.36. The van der Waals surface area contributed by atoms with Crippen LogP contribution >= 0.6 is 0 Å². The highest BCUT2D eigenvalue weighted by Crippen LogP contribution is 2.14. The van der Waals surface area contributed by atoms with E-state index in [1.54, 1.807) is 12.3 Å². The van der Waals surface area contributed by atoms with Gasteiger partial charge in [0.2, 0.25) is 0 Å². The van der Waals surface area contributed by atoms with Crippen molar-refractivity contribution in [3.8, 4) is 0 Å². The second-order valence-corrected chi connectivity index (χ2v) is 4.97. The Morgan fingerprint density at radius 1 is 1.19 bits per heavy atom. The van der Waals surface area contributed by atoms with Crippen LogP contribution in [0, 0.1) is 5.82 Å². The highest BCUT2D eigenvalue weighted by atomic mass is 19.1. The largest absolute Gasteiger partial charge is 0.295 e. The normalized spacial score (nSPS) is 12.5. The van der Waals surface area contributed by atoms with Crippen LogP contribution in [0.25, 0.3) is 10.9 Å². The summed E-state index contributed by atoms with van der Waals surface area (Å²) in [5.74, 6) is -0.478. The van der Waals surface area contributed by atoms with Crippen molar-refractivity contribution in [3.63, 3.8) is 0 Å². The molecule has 3 rings (SSSR count). The second kappa shape index (κ2) is 5.44. The molecule has 0 saturated carbocycles. The summed E-state index contributed by atoms with van der Waals surface area (Å²) in [7, 11) is 0. The Bertz CT molecular complexity index is 830. The highest BCUT2D eigenvalue weighted by Gasteiger charge is 2.12. The third-order valence-electron chi connectivity index (χ3n) is 3.47. The number of benzene rings is 1. The van der Waals surface area contributed by atoms with Crippen LogP contribution in [0.15, 0.2) is 53.7 Å². The molecule has 0 unspecified atom stereocenters. The molecule has 2 aromatic heterocycles. The molecule has 0 N–H and O–H groups in total. The topological polar surface area (TPSA) is 47.8 Å². The number of halogens is 1. The Kier molecular flexibility index (Phi) is 3.48. The molecule has 1 aromatic carbocycles. The van der Waals surface area contributed by atoms with Crippen LogP contribution in [0.3, 0.4) is 0 Å². The summed E-state index contributed by atoms with van der Waals surface area (Å²) in [6.45, 7) is 1.92. The van der Waals surface area contributed by atoms with Crippen molar-refractivity contribution >= 4 is 10.9 Å². The van der Waals surface area contributed by atoms with Crippen molar-refractivity contribution in [1.29, 1.82) is 0 Å². The zero-order valence-electron chi connectivity index (χ0n) is 11.5. The summed E-state index contributed by atoms with van der Waals surface area (Å²) in [5.41, 5.74) is 0.781. The molecule has 5 heteroatoms. The minimum atomic E-state index is -0.478. The maximum Gasteiger partial charge on any atom is 0.261 e. The number of hydrogen-bond acceptors (Lipinski definition) is 3. The predicted molar refractivity (Wildman–Crippen MR) is 78.6 cm³/mol. The molecular formula is C16H14FN3O. The van der Waals surface area contributed by atoms with Gasteiger partial charge in [-0.1, -0.05) is 12.1 Å².